The predicted molar refractivity (Wildman–Crippen MR) is 120 cm³/mol. The lowest BCUT2D eigenvalue weighted by molar-refractivity contribution is -0.135. The minimum absolute atomic E-state index is 0.227. The first-order chi connectivity index (χ1) is 14.4. The van der Waals surface area contributed by atoms with Crippen molar-refractivity contribution in [3.8, 4) is 0 Å². The van der Waals surface area contributed by atoms with E-state index in [4.69, 9.17) is 0 Å². The first-order valence-electron chi connectivity index (χ1n) is 11.5. The highest BCUT2D eigenvalue weighted by Crippen LogP contribution is 2.23. The highest BCUT2D eigenvalue weighted by molar-refractivity contribution is 7.89. The van der Waals surface area contributed by atoms with Gasteiger partial charge in [-0.2, -0.15) is 0 Å². The van der Waals surface area contributed by atoms with Gasteiger partial charge in [-0.25, -0.2) is 13.1 Å². The number of piperidine rings is 1. The van der Waals surface area contributed by atoms with Gasteiger partial charge in [0.25, 0.3) is 0 Å². The molecule has 1 amide bonds. The van der Waals surface area contributed by atoms with Gasteiger partial charge >= 0.3 is 0 Å². The highest BCUT2D eigenvalue weighted by atomic mass is 32.2. The minimum atomic E-state index is -3.49. The first-order valence-corrected chi connectivity index (χ1v) is 13.0. The Morgan fingerprint density at radius 3 is 2.47 bits per heavy atom. The third-order valence-corrected chi connectivity index (χ3v) is 7.97. The first kappa shape index (κ1) is 23.2. The number of hydrogen-bond donors (Lipinski definition) is 1. The van der Waals surface area contributed by atoms with Gasteiger partial charge in [0, 0.05) is 25.7 Å². The van der Waals surface area contributed by atoms with Gasteiger partial charge in [-0.05, 0) is 64.1 Å². The second kappa shape index (κ2) is 10.7. The maximum absolute atomic E-state index is 13.0. The average Bonchev–Trinajstić information content (AvgIpc) is 2.74. The van der Waals surface area contributed by atoms with Crippen LogP contribution in [0.25, 0.3) is 0 Å². The molecule has 7 heteroatoms. The van der Waals surface area contributed by atoms with E-state index in [1.807, 2.05) is 19.1 Å². The molecule has 1 N–H and O–H groups in total. The number of amides is 1. The summed E-state index contributed by atoms with van der Waals surface area (Å²) in [5, 5.41) is 0. The quantitative estimate of drug-likeness (QED) is 0.681. The number of likely N-dealkylation sites (N-methyl/N-ethyl adjacent to an activating group) is 1. The number of rotatable bonds is 8. The molecule has 0 aromatic heterocycles. The topological polar surface area (TPSA) is 69.7 Å². The molecule has 1 heterocycles. The molecule has 2 fully saturated rings. The fourth-order valence-corrected chi connectivity index (χ4v) is 5.92. The van der Waals surface area contributed by atoms with Crippen molar-refractivity contribution in [1.29, 1.82) is 0 Å². The van der Waals surface area contributed by atoms with Crippen LogP contribution >= 0.6 is 0 Å². The van der Waals surface area contributed by atoms with Crippen molar-refractivity contribution >= 4 is 15.9 Å². The van der Waals surface area contributed by atoms with E-state index in [1.54, 1.807) is 12.1 Å². The van der Waals surface area contributed by atoms with Crippen LogP contribution in [0.15, 0.2) is 29.2 Å². The molecule has 1 saturated heterocycles. The molecule has 1 aromatic rings. The SMILES string of the molecule is CCN(C(=O)CN1CCCC(CNS(=O)(=O)c2ccc(C)cc2)C1)C1CCCCC1. The second-order valence-corrected chi connectivity index (χ2v) is 10.6. The van der Waals surface area contributed by atoms with Gasteiger partial charge in [0.05, 0.1) is 11.4 Å². The molecule has 1 atom stereocenters. The van der Waals surface area contributed by atoms with E-state index < -0.39 is 10.0 Å². The van der Waals surface area contributed by atoms with Crippen LogP contribution in [0.2, 0.25) is 0 Å². The van der Waals surface area contributed by atoms with E-state index in [-0.39, 0.29) is 11.8 Å². The van der Waals surface area contributed by atoms with E-state index in [9.17, 15) is 13.2 Å². The van der Waals surface area contributed by atoms with Crippen molar-refractivity contribution in [1.82, 2.24) is 14.5 Å². The summed E-state index contributed by atoms with van der Waals surface area (Å²) >= 11 is 0. The molecule has 0 bridgehead atoms. The fourth-order valence-electron chi connectivity index (χ4n) is 4.80. The number of nitrogens with one attached hydrogen (secondary N) is 1. The Kier molecular flexibility index (Phi) is 8.31. The van der Waals surface area contributed by atoms with Crippen LogP contribution in [0.5, 0.6) is 0 Å². The zero-order valence-corrected chi connectivity index (χ0v) is 19.3. The van der Waals surface area contributed by atoms with Crippen molar-refractivity contribution < 1.29 is 13.2 Å². The van der Waals surface area contributed by atoms with Gasteiger partial charge in [0.1, 0.15) is 0 Å². The van der Waals surface area contributed by atoms with Gasteiger partial charge in [-0.15, -0.1) is 0 Å². The Bertz CT molecular complexity index is 788. The molecular weight excluding hydrogens is 398 g/mol. The van der Waals surface area contributed by atoms with E-state index in [2.05, 4.69) is 21.4 Å². The third-order valence-electron chi connectivity index (χ3n) is 6.53. The van der Waals surface area contributed by atoms with Gasteiger partial charge in [0.15, 0.2) is 0 Å². The molecule has 6 nitrogen and oxygen atoms in total. The standard InChI is InChI=1S/C23H37N3O3S/c1-3-26(21-9-5-4-6-10-21)23(27)18-25-15-7-8-20(17-25)16-24-30(28,29)22-13-11-19(2)12-14-22/h11-14,20-21,24H,3-10,15-18H2,1-2H3. The van der Waals surface area contributed by atoms with Crippen LogP contribution in [-0.2, 0) is 14.8 Å². The zero-order chi connectivity index (χ0) is 21.6. The summed E-state index contributed by atoms with van der Waals surface area (Å²) in [5.41, 5.74) is 1.04. The minimum Gasteiger partial charge on any atom is -0.339 e. The fraction of sp³-hybridized carbons (Fsp3) is 0.696. The summed E-state index contributed by atoms with van der Waals surface area (Å²) in [6, 6.07) is 7.32. The molecule has 1 unspecified atom stereocenters. The Hall–Kier alpha value is -1.44. The number of carbonyl (C=O) groups is 1. The number of aryl methyl sites for hydroxylation is 1. The number of hydrogen-bond acceptors (Lipinski definition) is 4. The maximum atomic E-state index is 13.0. The molecule has 3 rings (SSSR count). The number of sulfonamides is 1. The average molecular weight is 436 g/mol. The molecule has 1 aromatic carbocycles. The lowest BCUT2D eigenvalue weighted by atomic mass is 9.94. The summed E-state index contributed by atoms with van der Waals surface area (Å²) in [6.45, 7) is 7.34. The Balaban J connectivity index is 1.51. The van der Waals surface area contributed by atoms with E-state index in [1.165, 1.54) is 19.3 Å². The van der Waals surface area contributed by atoms with Crippen LogP contribution in [-0.4, -0.2) is 62.9 Å². The monoisotopic (exact) mass is 435 g/mol. The molecule has 1 aliphatic heterocycles. The van der Waals surface area contributed by atoms with Crippen molar-refractivity contribution in [2.45, 2.75) is 69.7 Å². The van der Waals surface area contributed by atoms with Gasteiger partial charge in [-0.3, -0.25) is 9.69 Å². The Morgan fingerprint density at radius 2 is 1.80 bits per heavy atom. The van der Waals surface area contributed by atoms with E-state index in [0.29, 0.717) is 24.0 Å². The number of nitrogens with zero attached hydrogens (tertiary/aromatic N) is 2. The molecule has 0 spiro atoms. The predicted octanol–water partition coefficient (Wildman–Crippen LogP) is 3.17. The lowest BCUT2D eigenvalue weighted by Gasteiger charge is -2.37. The van der Waals surface area contributed by atoms with Crippen LogP contribution < -0.4 is 4.72 Å². The van der Waals surface area contributed by atoms with E-state index in [0.717, 1.165) is 50.9 Å². The summed E-state index contributed by atoms with van der Waals surface area (Å²) in [5.74, 6) is 0.460. The maximum Gasteiger partial charge on any atom is 0.240 e. The van der Waals surface area contributed by atoms with E-state index >= 15 is 0 Å². The van der Waals surface area contributed by atoms with Crippen molar-refractivity contribution in [3.63, 3.8) is 0 Å². The van der Waals surface area contributed by atoms with Gasteiger partial charge < -0.3 is 4.90 Å². The van der Waals surface area contributed by atoms with Crippen LogP contribution in [0.1, 0.15) is 57.4 Å². The summed E-state index contributed by atoms with van der Waals surface area (Å²) < 4.78 is 27.9. The molecule has 1 saturated carbocycles. The molecular formula is C23H37N3O3S. The molecule has 30 heavy (non-hydrogen) atoms. The smallest absolute Gasteiger partial charge is 0.240 e. The highest BCUT2D eigenvalue weighted by Gasteiger charge is 2.28. The third kappa shape index (κ3) is 6.28. The van der Waals surface area contributed by atoms with Crippen molar-refractivity contribution in [2.24, 2.45) is 5.92 Å². The summed E-state index contributed by atoms with van der Waals surface area (Å²) in [4.78, 5) is 17.5. The van der Waals surface area contributed by atoms with Crippen LogP contribution in [0.3, 0.4) is 0 Å². The van der Waals surface area contributed by atoms with Crippen molar-refractivity contribution in [3.05, 3.63) is 29.8 Å². The molecule has 0 radical (unpaired) electrons. The Morgan fingerprint density at radius 1 is 1.10 bits per heavy atom. The second-order valence-electron chi connectivity index (χ2n) is 8.88. The van der Waals surface area contributed by atoms with Crippen LogP contribution in [0.4, 0.5) is 0 Å². The molecule has 1 aliphatic carbocycles. The Labute approximate surface area is 182 Å². The van der Waals surface area contributed by atoms with Crippen LogP contribution in [0, 0.1) is 12.8 Å². The summed E-state index contributed by atoms with van der Waals surface area (Å²) in [6.07, 6.45) is 7.98. The normalized spacial score (nSPS) is 21.5. The van der Waals surface area contributed by atoms with Gasteiger partial charge in [0.2, 0.25) is 15.9 Å². The molecule has 2 aliphatic rings. The zero-order valence-electron chi connectivity index (χ0n) is 18.5. The number of likely N-dealkylation sites (tertiary alicyclic amines) is 1. The lowest BCUT2D eigenvalue weighted by Crippen LogP contribution is -2.49. The largest absolute Gasteiger partial charge is 0.339 e. The number of benzene rings is 1. The summed E-state index contributed by atoms with van der Waals surface area (Å²) in [7, 11) is -3.49. The molecule has 168 valence electrons. The van der Waals surface area contributed by atoms with Crippen molar-refractivity contribution in [2.75, 3.05) is 32.7 Å². The van der Waals surface area contributed by atoms with Gasteiger partial charge in [-0.1, -0.05) is 37.0 Å². The number of carbonyl (C=O) groups excluding carboxylic acids is 1.